The van der Waals surface area contributed by atoms with Crippen molar-refractivity contribution < 1.29 is 42.5 Å². The van der Waals surface area contributed by atoms with Crippen LogP contribution in [-0.2, 0) is 10.1 Å². The maximum atomic E-state index is 11.6. The van der Waals surface area contributed by atoms with Gasteiger partial charge in [-0.2, -0.15) is 0 Å². The van der Waals surface area contributed by atoms with E-state index >= 15 is 0 Å². The molecule has 6 heteroatoms. The van der Waals surface area contributed by atoms with E-state index in [1.807, 2.05) is 0 Å². The summed E-state index contributed by atoms with van der Waals surface area (Å²) in [6.07, 6.45) is 18.6. The van der Waals surface area contributed by atoms with E-state index in [2.05, 4.69) is 6.92 Å². The second-order valence-electron chi connectivity index (χ2n) is 12.7. The van der Waals surface area contributed by atoms with Crippen LogP contribution >= 0.6 is 7.92 Å². The standard InChI is InChI=1S/C24H39O3PS.Na/c1-16(15-29(25,26)27)14-28(23-8-17-2-18(9-23)4-19(3-17)10-23)24-11-20-5-21(12-24)7-22(6-20)13-24;/h16-22H,2-15H2,1H3,(H,25,26,27);/q;+1/p-1. The zero-order valence-electron chi connectivity index (χ0n) is 19.0. The van der Waals surface area contributed by atoms with Crippen LogP contribution in [0.2, 0.25) is 0 Å². The predicted molar refractivity (Wildman–Crippen MR) is 117 cm³/mol. The first-order valence-corrected chi connectivity index (χ1v) is 15.5. The molecule has 8 bridgehead atoms. The van der Waals surface area contributed by atoms with Gasteiger partial charge in [0.05, 0.1) is 10.1 Å². The Morgan fingerprint density at radius 2 is 1.07 bits per heavy atom. The molecule has 0 aromatic rings. The fourth-order valence-electron chi connectivity index (χ4n) is 10.4. The average Bonchev–Trinajstić information content (AvgIpc) is 2.55. The first kappa shape index (κ1) is 23.1. The molecule has 30 heavy (non-hydrogen) atoms. The molecule has 8 saturated carbocycles. The van der Waals surface area contributed by atoms with Gasteiger partial charge in [-0.1, -0.05) is 14.8 Å². The van der Waals surface area contributed by atoms with Crippen molar-refractivity contribution in [3.05, 3.63) is 0 Å². The molecule has 8 aliphatic rings. The van der Waals surface area contributed by atoms with E-state index < -0.39 is 10.1 Å². The third-order valence-electron chi connectivity index (χ3n) is 10.1. The zero-order chi connectivity index (χ0) is 20.0. The second kappa shape index (κ2) is 7.94. The molecule has 164 valence electrons. The Kier molecular flexibility index (Phi) is 6.12. The summed E-state index contributed by atoms with van der Waals surface area (Å²) in [5.41, 5.74) is 0. The minimum Gasteiger partial charge on any atom is -0.748 e. The van der Waals surface area contributed by atoms with Gasteiger partial charge in [0, 0.05) is 5.75 Å². The summed E-state index contributed by atoms with van der Waals surface area (Å²) in [4.78, 5) is 0. The van der Waals surface area contributed by atoms with Gasteiger partial charge in [-0.25, -0.2) is 8.42 Å². The van der Waals surface area contributed by atoms with E-state index in [1.165, 1.54) is 77.0 Å². The smallest absolute Gasteiger partial charge is 0.748 e. The molecule has 0 aromatic heterocycles. The van der Waals surface area contributed by atoms with Crippen LogP contribution < -0.4 is 29.6 Å². The largest absolute Gasteiger partial charge is 1.00 e. The fourth-order valence-corrected chi connectivity index (χ4v) is 16.8. The molecule has 0 N–H and O–H groups in total. The number of hydrogen-bond donors (Lipinski definition) is 0. The first-order chi connectivity index (χ1) is 13.7. The van der Waals surface area contributed by atoms with E-state index in [0.717, 1.165) is 41.7 Å². The normalized spacial score (nSPS) is 50.3. The van der Waals surface area contributed by atoms with Gasteiger partial charge in [0.2, 0.25) is 0 Å². The molecule has 8 fully saturated rings. The van der Waals surface area contributed by atoms with Gasteiger partial charge in [-0.15, -0.1) is 0 Å². The summed E-state index contributed by atoms with van der Waals surface area (Å²) in [6.45, 7) is 2.08. The van der Waals surface area contributed by atoms with Gasteiger partial charge >= 0.3 is 29.6 Å². The van der Waals surface area contributed by atoms with Crippen molar-refractivity contribution in [2.24, 2.45) is 41.4 Å². The van der Waals surface area contributed by atoms with E-state index in [9.17, 15) is 13.0 Å². The van der Waals surface area contributed by atoms with Gasteiger partial charge in [-0.3, -0.25) is 0 Å². The quantitative estimate of drug-likeness (QED) is 0.348. The molecule has 1 unspecified atom stereocenters. The Hall–Kier alpha value is 1.34. The summed E-state index contributed by atoms with van der Waals surface area (Å²) >= 11 is 0. The van der Waals surface area contributed by atoms with Crippen molar-refractivity contribution in [3.63, 3.8) is 0 Å². The molecule has 8 rings (SSSR count). The molecule has 0 aliphatic heterocycles. The van der Waals surface area contributed by atoms with Crippen LogP contribution in [-0.4, -0.2) is 35.2 Å². The van der Waals surface area contributed by atoms with Crippen LogP contribution in [0.5, 0.6) is 0 Å². The van der Waals surface area contributed by atoms with Crippen LogP contribution in [0.3, 0.4) is 0 Å². The number of rotatable bonds is 6. The summed E-state index contributed by atoms with van der Waals surface area (Å²) in [5, 5.41) is 1.08. The molecule has 0 aromatic carbocycles. The topological polar surface area (TPSA) is 57.2 Å². The van der Waals surface area contributed by atoms with Crippen molar-refractivity contribution in [3.8, 4) is 0 Å². The minimum atomic E-state index is -4.12. The van der Waals surface area contributed by atoms with Gasteiger partial charge < -0.3 is 4.55 Å². The summed E-state index contributed by atoms with van der Waals surface area (Å²) < 4.78 is 34.7. The van der Waals surface area contributed by atoms with Gasteiger partial charge in [0.1, 0.15) is 0 Å². The Balaban J connectivity index is 0.00000193. The summed E-state index contributed by atoms with van der Waals surface area (Å²) in [5.74, 6) is 5.65. The average molecular weight is 461 g/mol. The van der Waals surface area contributed by atoms with Crippen LogP contribution in [0, 0.1) is 41.4 Å². The van der Waals surface area contributed by atoms with E-state index in [1.54, 1.807) is 0 Å². The number of hydrogen-bond acceptors (Lipinski definition) is 3. The SMILES string of the molecule is CC(CP(C12CC3CC(CC(C3)C1)C2)C12CC3CC(CC(C3)C1)C2)CS(=O)(=O)[O-].[Na+]. The van der Waals surface area contributed by atoms with Gasteiger partial charge in [0.25, 0.3) is 0 Å². The Labute approximate surface area is 207 Å². The van der Waals surface area contributed by atoms with Crippen LogP contribution in [0.1, 0.15) is 84.0 Å². The van der Waals surface area contributed by atoms with Gasteiger partial charge in [-0.05, 0) is 135 Å². The molecule has 0 spiro atoms. The molecule has 0 saturated heterocycles. The van der Waals surface area contributed by atoms with Crippen LogP contribution in [0.25, 0.3) is 0 Å². The van der Waals surface area contributed by atoms with Crippen molar-refractivity contribution in [1.29, 1.82) is 0 Å². The fraction of sp³-hybridized carbons (Fsp3) is 1.00. The summed E-state index contributed by atoms with van der Waals surface area (Å²) in [6, 6.07) is 0. The molecule has 8 aliphatic carbocycles. The molecule has 0 radical (unpaired) electrons. The van der Waals surface area contributed by atoms with Crippen molar-refractivity contribution >= 4 is 18.0 Å². The monoisotopic (exact) mass is 460 g/mol. The predicted octanol–water partition coefficient (Wildman–Crippen LogP) is 2.59. The third kappa shape index (κ3) is 4.04. The van der Waals surface area contributed by atoms with Crippen molar-refractivity contribution in [1.82, 2.24) is 0 Å². The Morgan fingerprint density at radius 3 is 1.33 bits per heavy atom. The Bertz CT molecular complexity index is 667. The molecule has 1 atom stereocenters. The summed E-state index contributed by atoms with van der Waals surface area (Å²) in [7, 11) is -4.33. The van der Waals surface area contributed by atoms with E-state index in [0.29, 0.717) is 10.3 Å². The molecule has 0 heterocycles. The Morgan fingerprint density at radius 1 is 0.767 bits per heavy atom. The molecular weight excluding hydrogens is 422 g/mol. The van der Waals surface area contributed by atoms with Crippen LogP contribution in [0.4, 0.5) is 0 Å². The zero-order valence-corrected chi connectivity index (χ0v) is 22.7. The molecular formula is C24H38NaO3PS. The first-order valence-electron chi connectivity index (χ1n) is 12.4. The van der Waals surface area contributed by atoms with E-state index in [4.69, 9.17) is 0 Å². The van der Waals surface area contributed by atoms with Crippen molar-refractivity contribution in [2.75, 3.05) is 11.9 Å². The molecule has 0 amide bonds. The van der Waals surface area contributed by atoms with Crippen molar-refractivity contribution in [2.45, 2.75) is 94.3 Å². The van der Waals surface area contributed by atoms with E-state index in [-0.39, 0.29) is 49.1 Å². The van der Waals surface area contributed by atoms with Crippen LogP contribution in [0.15, 0.2) is 0 Å². The second-order valence-corrected chi connectivity index (χ2v) is 17.3. The minimum absolute atomic E-state index is 0. The van der Waals surface area contributed by atoms with Gasteiger partial charge in [0.15, 0.2) is 0 Å². The third-order valence-corrected chi connectivity index (χ3v) is 15.5. The molecule has 3 nitrogen and oxygen atoms in total. The maximum Gasteiger partial charge on any atom is 1.00 e. The maximum absolute atomic E-state index is 11.6.